The monoisotopic (exact) mass is 292 g/mol. The van der Waals surface area contributed by atoms with Crippen molar-refractivity contribution in [3.8, 4) is 10.8 Å². The molecular weight excluding hydrogens is 280 g/mol. The van der Waals surface area contributed by atoms with Crippen LogP contribution in [-0.2, 0) is 4.79 Å². The molecule has 104 valence electrons. The smallest absolute Gasteiger partial charge is 0.326 e. The summed E-state index contributed by atoms with van der Waals surface area (Å²) in [5, 5.41) is 11.4. The molecule has 0 unspecified atom stereocenters. The van der Waals surface area contributed by atoms with Crippen LogP contribution in [0.1, 0.15) is 23.3 Å². The van der Waals surface area contributed by atoms with E-state index in [9.17, 15) is 9.59 Å². The van der Waals surface area contributed by atoms with Crippen LogP contribution in [0.2, 0.25) is 0 Å². The van der Waals surface area contributed by atoms with Crippen molar-refractivity contribution in [1.29, 1.82) is 0 Å². The van der Waals surface area contributed by atoms with E-state index in [1.807, 2.05) is 0 Å². The number of aliphatic carboxylic acids is 1. The van der Waals surface area contributed by atoms with Crippen molar-refractivity contribution in [2.45, 2.75) is 18.9 Å². The summed E-state index contributed by atoms with van der Waals surface area (Å²) >= 11 is 1.30. The van der Waals surface area contributed by atoms with E-state index in [0.717, 1.165) is 0 Å². The van der Waals surface area contributed by atoms with Gasteiger partial charge in [-0.1, -0.05) is 0 Å². The van der Waals surface area contributed by atoms with Gasteiger partial charge in [-0.05, 0) is 25.0 Å². The summed E-state index contributed by atoms with van der Waals surface area (Å²) in [6, 6.07) is 2.78. The van der Waals surface area contributed by atoms with Crippen LogP contribution in [0.15, 0.2) is 28.2 Å². The van der Waals surface area contributed by atoms with Crippen molar-refractivity contribution in [2.75, 3.05) is 6.54 Å². The van der Waals surface area contributed by atoms with Crippen molar-refractivity contribution in [3.63, 3.8) is 0 Å². The topological polar surface area (TPSA) is 83.6 Å². The van der Waals surface area contributed by atoms with Crippen LogP contribution >= 0.6 is 11.3 Å². The highest BCUT2D eigenvalue weighted by atomic mass is 32.1. The first-order valence-corrected chi connectivity index (χ1v) is 7.08. The lowest BCUT2D eigenvalue weighted by atomic mass is 10.2. The molecule has 7 heteroatoms. The maximum atomic E-state index is 12.3. The molecule has 0 saturated carbocycles. The lowest BCUT2D eigenvalue weighted by Crippen LogP contribution is -2.40. The Morgan fingerprint density at radius 2 is 2.35 bits per heavy atom. The molecular formula is C13H12N2O4S. The maximum Gasteiger partial charge on any atom is 0.326 e. The van der Waals surface area contributed by atoms with Gasteiger partial charge in [0.05, 0.1) is 6.26 Å². The SMILES string of the molecule is O=C(O)[C@@H]1CCCN1C(=O)c1csc(-c2ccco2)n1. The Labute approximate surface area is 118 Å². The minimum absolute atomic E-state index is 0.273. The average molecular weight is 292 g/mol. The van der Waals surface area contributed by atoms with E-state index in [1.165, 1.54) is 16.2 Å². The first-order chi connectivity index (χ1) is 9.66. The Balaban J connectivity index is 1.83. The molecule has 1 amide bonds. The highest BCUT2D eigenvalue weighted by Gasteiger charge is 2.35. The number of carboxylic acid groups (broad SMARTS) is 1. The quantitative estimate of drug-likeness (QED) is 0.936. The third-order valence-corrected chi connectivity index (χ3v) is 4.11. The molecule has 1 aliphatic rings. The first kappa shape index (κ1) is 12.9. The van der Waals surface area contributed by atoms with Crippen LogP contribution in [0.4, 0.5) is 0 Å². The van der Waals surface area contributed by atoms with E-state index < -0.39 is 12.0 Å². The summed E-state index contributed by atoms with van der Waals surface area (Å²) in [5.74, 6) is -0.688. The van der Waals surface area contributed by atoms with Gasteiger partial charge in [0.1, 0.15) is 11.7 Å². The lowest BCUT2D eigenvalue weighted by Gasteiger charge is -2.20. The zero-order valence-electron chi connectivity index (χ0n) is 10.5. The van der Waals surface area contributed by atoms with Crippen molar-refractivity contribution in [2.24, 2.45) is 0 Å². The van der Waals surface area contributed by atoms with Gasteiger partial charge < -0.3 is 14.4 Å². The Bertz CT molecular complexity index is 635. The average Bonchev–Trinajstić information content (AvgIpc) is 3.17. The molecule has 2 aromatic heterocycles. The fourth-order valence-corrected chi connectivity index (χ4v) is 3.06. The standard InChI is InChI=1S/C13H12N2O4S/c16-12(15-5-1-3-9(15)13(17)18)8-7-20-11(14-8)10-4-2-6-19-10/h2,4,6-7,9H,1,3,5H2,(H,17,18)/t9-/m0/s1. The molecule has 20 heavy (non-hydrogen) atoms. The molecule has 0 aliphatic carbocycles. The van der Waals surface area contributed by atoms with Crippen LogP contribution in [-0.4, -0.2) is 39.5 Å². The summed E-state index contributed by atoms with van der Waals surface area (Å²) in [6.07, 6.45) is 2.74. The maximum absolute atomic E-state index is 12.3. The minimum Gasteiger partial charge on any atom is -0.480 e. The normalized spacial score (nSPS) is 18.4. The molecule has 2 aromatic rings. The van der Waals surface area contributed by atoms with Crippen LogP contribution in [0.5, 0.6) is 0 Å². The number of carbonyl (C=O) groups excluding carboxylic acids is 1. The van der Waals surface area contributed by atoms with Gasteiger partial charge in [-0.15, -0.1) is 11.3 Å². The summed E-state index contributed by atoms with van der Waals surface area (Å²) in [4.78, 5) is 29.0. The van der Waals surface area contributed by atoms with E-state index >= 15 is 0 Å². The number of amides is 1. The molecule has 3 rings (SSSR count). The van der Waals surface area contributed by atoms with Gasteiger partial charge in [0, 0.05) is 11.9 Å². The summed E-state index contributed by atoms with van der Waals surface area (Å²) in [5.41, 5.74) is 0.273. The summed E-state index contributed by atoms with van der Waals surface area (Å²) in [6.45, 7) is 0.462. The lowest BCUT2D eigenvalue weighted by molar-refractivity contribution is -0.141. The number of thiazole rings is 1. The number of nitrogens with zero attached hydrogens (tertiary/aromatic N) is 2. The number of rotatable bonds is 3. The number of carbonyl (C=O) groups is 2. The van der Waals surface area contributed by atoms with Crippen molar-refractivity contribution in [3.05, 3.63) is 29.5 Å². The number of hydrogen-bond donors (Lipinski definition) is 1. The van der Waals surface area contributed by atoms with Gasteiger partial charge in [0.2, 0.25) is 0 Å². The second-order valence-corrected chi connectivity index (χ2v) is 5.37. The summed E-state index contributed by atoms with van der Waals surface area (Å²) < 4.78 is 5.23. The fourth-order valence-electron chi connectivity index (χ4n) is 2.30. The van der Waals surface area contributed by atoms with E-state index in [0.29, 0.717) is 30.2 Å². The third kappa shape index (κ3) is 2.20. The Morgan fingerprint density at radius 3 is 3.05 bits per heavy atom. The number of hydrogen-bond acceptors (Lipinski definition) is 5. The molecule has 0 aromatic carbocycles. The van der Waals surface area contributed by atoms with Gasteiger partial charge in [-0.25, -0.2) is 9.78 Å². The molecule has 1 atom stereocenters. The molecule has 1 N–H and O–H groups in total. The molecule has 0 radical (unpaired) electrons. The van der Waals surface area contributed by atoms with Gasteiger partial charge in [0.15, 0.2) is 10.8 Å². The number of aromatic nitrogens is 1. The van der Waals surface area contributed by atoms with Crippen molar-refractivity contribution >= 4 is 23.2 Å². The van der Waals surface area contributed by atoms with Gasteiger partial charge in [-0.3, -0.25) is 4.79 Å². The number of carboxylic acids is 1. The zero-order valence-corrected chi connectivity index (χ0v) is 11.3. The molecule has 3 heterocycles. The van der Waals surface area contributed by atoms with Crippen LogP contribution in [0.3, 0.4) is 0 Å². The largest absolute Gasteiger partial charge is 0.480 e. The Kier molecular flexibility index (Phi) is 3.27. The summed E-state index contributed by atoms with van der Waals surface area (Å²) in [7, 11) is 0. The van der Waals surface area contributed by atoms with Crippen molar-refractivity contribution < 1.29 is 19.1 Å². The van der Waals surface area contributed by atoms with Crippen LogP contribution in [0, 0.1) is 0 Å². The molecule has 0 spiro atoms. The molecule has 1 saturated heterocycles. The minimum atomic E-state index is -0.961. The fraction of sp³-hybridized carbons (Fsp3) is 0.308. The van der Waals surface area contributed by atoms with Gasteiger partial charge in [-0.2, -0.15) is 0 Å². The van der Waals surface area contributed by atoms with Gasteiger partial charge in [0.25, 0.3) is 5.91 Å². The molecule has 6 nitrogen and oxygen atoms in total. The Hall–Kier alpha value is -2.15. The highest BCUT2D eigenvalue weighted by molar-refractivity contribution is 7.13. The Morgan fingerprint density at radius 1 is 1.50 bits per heavy atom. The van der Waals surface area contributed by atoms with Crippen LogP contribution in [0.25, 0.3) is 10.8 Å². The molecule has 1 fully saturated rings. The van der Waals surface area contributed by atoms with Crippen molar-refractivity contribution in [1.82, 2.24) is 9.88 Å². The van der Waals surface area contributed by atoms with E-state index in [4.69, 9.17) is 9.52 Å². The second-order valence-electron chi connectivity index (χ2n) is 4.51. The van der Waals surface area contributed by atoms with E-state index in [1.54, 1.807) is 23.8 Å². The van der Waals surface area contributed by atoms with Gasteiger partial charge >= 0.3 is 5.97 Å². The molecule has 0 bridgehead atoms. The second kappa shape index (κ2) is 5.09. The predicted molar refractivity (Wildman–Crippen MR) is 71.5 cm³/mol. The number of furan rings is 1. The predicted octanol–water partition coefficient (Wildman–Crippen LogP) is 2.09. The van der Waals surface area contributed by atoms with E-state index in [2.05, 4.69) is 4.98 Å². The third-order valence-electron chi connectivity index (χ3n) is 3.25. The number of likely N-dealkylation sites (tertiary alicyclic amines) is 1. The first-order valence-electron chi connectivity index (χ1n) is 6.20. The molecule has 1 aliphatic heterocycles. The highest BCUT2D eigenvalue weighted by Crippen LogP contribution is 2.26. The van der Waals surface area contributed by atoms with E-state index in [-0.39, 0.29) is 11.6 Å². The zero-order chi connectivity index (χ0) is 14.1. The van der Waals surface area contributed by atoms with Crippen LogP contribution < -0.4 is 0 Å².